The molecule has 0 unspecified atom stereocenters. The van der Waals surface area contributed by atoms with Crippen molar-refractivity contribution in [3.63, 3.8) is 0 Å². The second-order valence-electron chi connectivity index (χ2n) is 28.1. The Hall–Kier alpha value is -12.7. The maximum Gasteiger partial charge on any atom is 0.155 e. The molecule has 0 bridgehead atoms. The summed E-state index contributed by atoms with van der Waals surface area (Å²) in [7, 11) is 0. The van der Waals surface area contributed by atoms with Gasteiger partial charge in [-0.25, -0.2) is 0 Å². The molecule has 0 fully saturated rings. The van der Waals surface area contributed by atoms with Gasteiger partial charge in [0.15, 0.2) is 5.78 Å². The molecule has 4 radical (unpaired) electrons. The summed E-state index contributed by atoms with van der Waals surface area (Å²) < 4.78 is 39.4. The Morgan fingerprint density at radius 1 is 0.286 bits per heavy atom. The molecule has 0 aliphatic rings. The number of rotatable bonds is 12. The van der Waals surface area contributed by atoms with Crippen LogP contribution in [0.4, 0.5) is 0 Å². The summed E-state index contributed by atoms with van der Waals surface area (Å²) in [5.74, 6) is -0.0625. The van der Waals surface area contributed by atoms with E-state index in [4.69, 9.17) is 12.0 Å². The molecule has 1 N–H and O–H groups in total. The first-order valence-corrected chi connectivity index (χ1v) is 39.7. The van der Waals surface area contributed by atoms with Gasteiger partial charge in [-0.2, -0.15) is 0 Å². The number of carbonyl (C=O) groups is 1. The first kappa shape index (κ1) is 92.5. The molecule has 7 aromatic heterocycles. The van der Waals surface area contributed by atoms with Crippen LogP contribution in [-0.2, 0) is 85.2 Å². The summed E-state index contributed by atoms with van der Waals surface area (Å²) in [5.41, 5.74) is 29.9. The Balaban J connectivity index is 0.000000207. The van der Waals surface area contributed by atoms with E-state index in [1.807, 2.05) is 262 Å². The molecule has 0 spiro atoms. The zero-order valence-electron chi connectivity index (χ0n) is 76.0. The molecular weight excluding hydrogens is 2260 g/mol. The third-order valence-electron chi connectivity index (χ3n) is 18.6. The Morgan fingerprint density at radius 2 is 0.611 bits per heavy atom. The van der Waals surface area contributed by atoms with E-state index in [2.05, 4.69) is 198 Å². The Kier molecular flexibility index (Phi) is 39.7. The predicted molar refractivity (Wildman–Crippen MR) is 502 cm³/mol. The van der Waals surface area contributed by atoms with Crippen molar-refractivity contribution < 1.29 is 97.2 Å². The third kappa shape index (κ3) is 31.8. The number of benzene rings is 11. The Labute approximate surface area is 805 Å². The van der Waals surface area contributed by atoms with Gasteiger partial charge in [0.05, 0.1) is 12.6 Å². The van der Waals surface area contributed by atoms with E-state index in [-0.39, 0.29) is 122 Å². The van der Waals surface area contributed by atoms with Crippen molar-refractivity contribution in [3.8, 4) is 123 Å². The van der Waals surface area contributed by atoms with Gasteiger partial charge in [-0.05, 0) is 157 Å². The largest absolute Gasteiger partial charge is 0.512 e. The van der Waals surface area contributed by atoms with E-state index in [9.17, 15) is 4.79 Å². The van der Waals surface area contributed by atoms with Crippen LogP contribution < -0.4 is 0 Å². The van der Waals surface area contributed by atoms with Crippen LogP contribution in [0.3, 0.4) is 0 Å². The van der Waals surface area contributed by atoms with Crippen LogP contribution in [0, 0.1) is 90.9 Å². The number of aliphatic hydroxyl groups is 1. The van der Waals surface area contributed by atoms with Crippen LogP contribution in [0.5, 0.6) is 0 Å². The predicted octanol–water partition coefficient (Wildman–Crippen LogP) is 27.7. The van der Waals surface area contributed by atoms with Crippen molar-refractivity contribution in [2.24, 2.45) is 0 Å². The molecule has 0 aliphatic carbocycles. The zero-order chi connectivity index (χ0) is 89.8. The number of hydrogen-bond donors (Lipinski definition) is 1. The van der Waals surface area contributed by atoms with Crippen molar-refractivity contribution in [1.29, 1.82) is 0 Å². The van der Waals surface area contributed by atoms with E-state index in [1.54, 1.807) is 30.9 Å². The molecular formula is C113H94Ir4N7O2-7. The summed E-state index contributed by atoms with van der Waals surface area (Å²) >= 11 is 0. The second kappa shape index (κ2) is 54.1. The SMILES string of the molecule is CC(=O)C=C(C)O.Cc1cc(-c2[c-]cccc2)ncc1-c1ccccc1.Cc1cc(-c2[c-]cccc2)ncc1-c1ccccc1.Cc1cc(C)cc(-c2ccnc(-c3[c-]cccc3)c2)c1.Cc1ccc[c-]c1-c1ccccn1.Cc1ccc[c-]c1-c1ccccn1.[2H]c1c([2H])c([2H])c(-c2cnc(-c3[c-]cccc3)cc2C)c([2H])c1[2H].[Ir].[Ir].[Ir].[Ir].[c-]1ccccc1-c1ccccn1. The molecule has 0 atom stereocenters. The Bertz CT molecular complexity index is 6280. The van der Waals surface area contributed by atoms with Crippen LogP contribution in [0.1, 0.15) is 59.6 Å². The smallest absolute Gasteiger partial charge is 0.155 e. The molecule has 7 heterocycles. The van der Waals surface area contributed by atoms with Crippen molar-refractivity contribution in [2.75, 3.05) is 0 Å². The number of aliphatic hydroxyl groups excluding tert-OH is 1. The number of pyridine rings is 7. The molecule has 0 amide bonds. The summed E-state index contributed by atoms with van der Waals surface area (Å²) in [5, 5.41) is 8.36. The van der Waals surface area contributed by atoms with Crippen LogP contribution >= 0.6 is 0 Å². The van der Waals surface area contributed by atoms with E-state index in [1.165, 1.54) is 86.7 Å². The minimum absolute atomic E-state index is 0. The van der Waals surface area contributed by atoms with Gasteiger partial charge < -0.3 is 40.0 Å². The van der Waals surface area contributed by atoms with Crippen LogP contribution in [0.25, 0.3) is 123 Å². The second-order valence-corrected chi connectivity index (χ2v) is 28.1. The van der Waals surface area contributed by atoms with Crippen molar-refractivity contribution in [1.82, 2.24) is 34.9 Å². The zero-order valence-corrected chi connectivity index (χ0v) is 80.6. The average molecular weight is 2360 g/mol. The molecule has 13 heteroatoms. The van der Waals surface area contributed by atoms with Crippen LogP contribution in [-0.4, -0.2) is 45.8 Å². The minimum atomic E-state index is -0.394. The van der Waals surface area contributed by atoms with Gasteiger partial charge in [-0.1, -0.05) is 195 Å². The molecule has 0 saturated carbocycles. The summed E-state index contributed by atoms with van der Waals surface area (Å²) in [6, 6.07) is 127. The average Bonchev–Trinajstić information content (AvgIpc) is 0.768. The minimum Gasteiger partial charge on any atom is -0.512 e. The van der Waals surface area contributed by atoms with Crippen LogP contribution in [0.2, 0.25) is 0 Å². The first-order chi connectivity index (χ1) is 61.7. The number of ketones is 1. The maximum atomic E-state index is 10.0. The fourth-order valence-electron chi connectivity index (χ4n) is 12.7. The van der Waals surface area contributed by atoms with E-state index in [0.717, 1.165) is 84.4 Å². The number of allylic oxidation sites excluding steroid dienone is 2. The molecule has 11 aromatic carbocycles. The number of hydrogen-bond acceptors (Lipinski definition) is 9. The van der Waals surface area contributed by atoms with E-state index < -0.39 is 6.04 Å². The summed E-state index contributed by atoms with van der Waals surface area (Å²) in [6.07, 6.45) is 13.9. The molecule has 126 heavy (non-hydrogen) atoms. The third-order valence-corrected chi connectivity index (χ3v) is 18.6. The van der Waals surface area contributed by atoms with Crippen LogP contribution in [0.15, 0.2) is 407 Å². The summed E-state index contributed by atoms with van der Waals surface area (Å²) in [6.45, 7) is 17.3. The number of aromatic nitrogens is 7. The normalized spacial score (nSPS) is 10.5. The topological polar surface area (TPSA) is 128 Å². The van der Waals surface area contributed by atoms with Crippen molar-refractivity contribution in [2.45, 2.75) is 62.3 Å². The fraction of sp³-hybridized carbons (Fsp3) is 0.0796. The molecule has 0 saturated heterocycles. The quantitative estimate of drug-likeness (QED) is 0.0722. The molecule has 18 rings (SSSR count). The van der Waals surface area contributed by atoms with Crippen molar-refractivity contribution >= 4 is 5.78 Å². The van der Waals surface area contributed by atoms with Gasteiger partial charge in [0.1, 0.15) is 0 Å². The summed E-state index contributed by atoms with van der Waals surface area (Å²) in [4.78, 5) is 40.7. The van der Waals surface area contributed by atoms with E-state index >= 15 is 0 Å². The fourth-order valence-corrected chi connectivity index (χ4v) is 12.7. The van der Waals surface area contributed by atoms with Gasteiger partial charge in [0.25, 0.3) is 0 Å². The first-order valence-electron chi connectivity index (χ1n) is 42.2. The van der Waals surface area contributed by atoms with E-state index in [0.29, 0.717) is 5.56 Å². The van der Waals surface area contributed by atoms with Gasteiger partial charge in [0.2, 0.25) is 0 Å². The molecule has 18 aromatic rings. The number of nitrogens with zero attached hydrogens (tertiary/aromatic N) is 7. The number of carbonyl (C=O) groups excluding carboxylic acids is 1. The maximum absolute atomic E-state index is 10.0. The Morgan fingerprint density at radius 3 is 0.929 bits per heavy atom. The molecule has 0 aliphatic heterocycles. The monoisotopic (exact) mass is 2360 g/mol. The van der Waals surface area contributed by atoms with Gasteiger partial charge >= 0.3 is 0 Å². The molecule has 636 valence electrons. The van der Waals surface area contributed by atoms with Crippen molar-refractivity contribution in [3.05, 3.63) is 488 Å². The van der Waals surface area contributed by atoms with Gasteiger partial charge in [-0.3, -0.25) is 4.79 Å². The number of aryl methyl sites for hydroxylation is 7. The van der Waals surface area contributed by atoms with Gasteiger partial charge in [0, 0.05) is 147 Å². The van der Waals surface area contributed by atoms with Gasteiger partial charge in [-0.15, -0.1) is 250 Å². The standard InChI is InChI=1S/C19H16N.3C18H14N.2C12H10N.C11H8N.C5H8O2.4Ir/c1-14-10-15(2)12-18(11-14)17-8-9-20-19(13-17)16-6-4-3-5-7-16;3*1-14-12-18(16-10-6-3-7-11-16)19-13-17(14)15-8-4-2-5-9-15;2*1-10-6-2-3-7-11(10)12-8-4-5-9-13-12;1-2-6-10(7-3-1)11-8-4-5-9-12-11;1-4(6)3-5(2)7;;;;/h3-6,8-13H,1-2H3;3*2-10,12-13H,1H3;2*2-6,8-9H,1H3;1-6,8-9H;3,6H,1-2H3;;;;/q7*-1;;;;;/i;2D,4D,5D,8D,9D;;;;;;;;;;. The molecule has 9 nitrogen and oxygen atoms in total.